The fourth-order valence-corrected chi connectivity index (χ4v) is 7.62. The summed E-state index contributed by atoms with van der Waals surface area (Å²) in [5.74, 6) is 0.686. The van der Waals surface area contributed by atoms with Gasteiger partial charge in [0, 0.05) is 24.1 Å². The van der Waals surface area contributed by atoms with Crippen LogP contribution in [0.4, 0.5) is 5.69 Å². The van der Waals surface area contributed by atoms with Crippen molar-refractivity contribution in [2.24, 2.45) is 5.10 Å². The summed E-state index contributed by atoms with van der Waals surface area (Å²) in [7, 11) is 1.65. The van der Waals surface area contributed by atoms with Crippen molar-refractivity contribution in [2.75, 3.05) is 18.6 Å². The number of anilines is 1. The minimum absolute atomic E-state index is 0.0931. The van der Waals surface area contributed by atoms with E-state index in [0.717, 1.165) is 47.0 Å². The Hall–Kier alpha value is -2.78. The maximum atomic E-state index is 13.7. The molecule has 0 spiro atoms. The first-order valence-corrected chi connectivity index (χ1v) is 13.7. The van der Waals surface area contributed by atoms with Crippen molar-refractivity contribution in [3.8, 4) is 5.75 Å². The van der Waals surface area contributed by atoms with Crippen LogP contribution in [0.25, 0.3) is 10.6 Å². The molecule has 0 radical (unpaired) electrons. The average Bonchev–Trinajstić information content (AvgIpc) is 3.50. The Morgan fingerprint density at radius 1 is 1.23 bits per heavy atom. The number of hydrazone groups is 1. The summed E-state index contributed by atoms with van der Waals surface area (Å²) in [5.41, 5.74) is 2.14. The van der Waals surface area contributed by atoms with Gasteiger partial charge in [-0.15, -0.1) is 17.9 Å². The molecular formula is C26H30N4O3S2. The Morgan fingerprint density at radius 3 is 2.69 bits per heavy atom. The smallest absolute Gasteiger partial charge is 0.279 e. The molecule has 1 amide bonds. The molecule has 1 fully saturated rings. The lowest BCUT2D eigenvalue weighted by atomic mass is 9.95. The third-order valence-electron chi connectivity index (χ3n) is 6.79. The summed E-state index contributed by atoms with van der Waals surface area (Å²) in [6.07, 6.45) is 7.12. The number of carbonyl (C=O) groups is 1. The predicted molar refractivity (Wildman–Crippen MR) is 144 cm³/mol. The minimum Gasteiger partial charge on any atom is -0.497 e. The topological polar surface area (TPSA) is 67.1 Å². The second kappa shape index (κ2) is 9.70. The normalized spacial score (nSPS) is 21.5. The fraction of sp³-hybridized carbons (Fsp3) is 0.423. The van der Waals surface area contributed by atoms with Crippen molar-refractivity contribution < 1.29 is 9.53 Å². The molecule has 184 valence electrons. The lowest BCUT2D eigenvalue weighted by Crippen LogP contribution is -2.38. The van der Waals surface area contributed by atoms with Gasteiger partial charge in [0.1, 0.15) is 20.0 Å². The van der Waals surface area contributed by atoms with Crippen LogP contribution < -0.4 is 24.4 Å². The van der Waals surface area contributed by atoms with Crippen molar-refractivity contribution in [3.05, 3.63) is 50.4 Å². The van der Waals surface area contributed by atoms with E-state index >= 15 is 0 Å². The maximum absolute atomic E-state index is 13.7. The molecule has 1 aromatic carbocycles. The Labute approximate surface area is 213 Å². The highest BCUT2D eigenvalue weighted by Gasteiger charge is 2.35. The van der Waals surface area contributed by atoms with Gasteiger partial charge in [-0.25, -0.2) is 5.01 Å². The molecule has 0 bridgehead atoms. The zero-order chi connectivity index (χ0) is 24.7. The van der Waals surface area contributed by atoms with Crippen LogP contribution in [0.2, 0.25) is 0 Å². The highest BCUT2D eigenvalue weighted by atomic mass is 32.2. The van der Waals surface area contributed by atoms with Crippen LogP contribution in [0.3, 0.4) is 0 Å². The minimum atomic E-state index is -0.102. The Balaban J connectivity index is 1.69. The first-order chi connectivity index (χ1) is 17.0. The van der Waals surface area contributed by atoms with Crippen LogP contribution in [0.1, 0.15) is 46.0 Å². The predicted octanol–water partition coefficient (Wildman–Crippen LogP) is 3.50. The Morgan fingerprint density at radius 2 is 2.00 bits per heavy atom. The van der Waals surface area contributed by atoms with Crippen LogP contribution in [0.15, 0.2) is 45.6 Å². The van der Waals surface area contributed by atoms with Crippen LogP contribution in [0.5, 0.6) is 5.75 Å². The van der Waals surface area contributed by atoms with Gasteiger partial charge in [-0.05, 0) is 38.8 Å². The van der Waals surface area contributed by atoms with Gasteiger partial charge in [0.05, 0.1) is 30.1 Å². The van der Waals surface area contributed by atoms with Crippen LogP contribution in [0, 0.1) is 0 Å². The third-order valence-corrected chi connectivity index (χ3v) is 9.29. The van der Waals surface area contributed by atoms with Gasteiger partial charge in [-0.1, -0.05) is 37.1 Å². The molecule has 1 aliphatic carbocycles. The van der Waals surface area contributed by atoms with E-state index in [0.29, 0.717) is 33.6 Å². The third kappa shape index (κ3) is 4.04. The monoisotopic (exact) mass is 510 g/mol. The number of fused-ring (bicyclic) bond motifs is 1. The second-order valence-corrected chi connectivity index (χ2v) is 11.0. The number of ether oxygens (including phenoxy) is 1. The lowest BCUT2D eigenvalue weighted by Gasteiger charge is -2.27. The van der Waals surface area contributed by atoms with Crippen LogP contribution in [-0.2, 0) is 11.3 Å². The quantitative estimate of drug-likeness (QED) is 0.576. The number of thioether (sulfide) groups is 1. The van der Waals surface area contributed by atoms with Gasteiger partial charge in [0.25, 0.3) is 11.5 Å². The number of allylic oxidation sites excluding steroid dienone is 1. The van der Waals surface area contributed by atoms with Crippen molar-refractivity contribution in [2.45, 2.75) is 63.4 Å². The summed E-state index contributed by atoms with van der Waals surface area (Å²) >= 11 is 2.97. The highest BCUT2D eigenvalue weighted by Crippen LogP contribution is 2.47. The van der Waals surface area contributed by atoms with E-state index in [4.69, 9.17) is 4.74 Å². The summed E-state index contributed by atoms with van der Waals surface area (Å²) in [6, 6.07) is 6.11. The number of hydrogen-bond acceptors (Lipinski definition) is 7. The van der Waals surface area contributed by atoms with Gasteiger partial charge < -0.3 is 9.64 Å². The molecule has 0 saturated heterocycles. The largest absolute Gasteiger partial charge is 0.497 e. The van der Waals surface area contributed by atoms with Gasteiger partial charge in [-0.2, -0.15) is 5.10 Å². The zero-order valence-electron chi connectivity index (χ0n) is 20.4. The molecule has 3 aliphatic rings. The molecule has 1 saturated carbocycles. The molecule has 35 heavy (non-hydrogen) atoms. The molecule has 9 heteroatoms. The van der Waals surface area contributed by atoms with Crippen molar-refractivity contribution in [1.82, 2.24) is 9.58 Å². The van der Waals surface area contributed by atoms with E-state index in [1.165, 1.54) is 17.8 Å². The zero-order valence-corrected chi connectivity index (χ0v) is 22.0. The van der Waals surface area contributed by atoms with Gasteiger partial charge in [0.15, 0.2) is 0 Å². The summed E-state index contributed by atoms with van der Waals surface area (Å²) in [5, 5.41) is 7.22. The molecule has 3 heterocycles. The number of benzene rings is 1. The first-order valence-electron chi connectivity index (χ1n) is 12.1. The maximum Gasteiger partial charge on any atom is 0.279 e. The van der Waals surface area contributed by atoms with Crippen LogP contribution >= 0.6 is 23.1 Å². The molecule has 1 aromatic heterocycles. The molecule has 7 nitrogen and oxygen atoms in total. The molecule has 2 aliphatic heterocycles. The summed E-state index contributed by atoms with van der Waals surface area (Å²) < 4.78 is 8.39. The Bertz CT molecular complexity index is 1400. The van der Waals surface area contributed by atoms with E-state index in [1.807, 2.05) is 25.1 Å². The lowest BCUT2D eigenvalue weighted by molar-refractivity contribution is -0.126. The number of methoxy groups -OCH3 is 1. The number of nitrogens with zero attached hydrogens (tertiary/aromatic N) is 4. The van der Waals surface area contributed by atoms with E-state index < -0.39 is 0 Å². The molecular weight excluding hydrogens is 480 g/mol. The standard InChI is InChI=1S/C26H30N4O3S2/c1-5-14-29-24(32)22(26-28(6-2)19-15-18(33-4)12-13-20(19)34-26)35-25(29)21-16(3)27-30(23(21)31)17-10-8-7-9-11-17/h5,12-13,15,17H,1,6-11,14H2,2-4H3. The molecule has 0 N–H and O–H groups in total. The number of carbonyl (C=O) groups excluding carboxylic acids is 1. The number of rotatable bonds is 5. The summed E-state index contributed by atoms with van der Waals surface area (Å²) in [4.78, 5) is 30.5. The fourth-order valence-electron chi connectivity index (χ4n) is 5.04. The van der Waals surface area contributed by atoms with E-state index in [-0.39, 0.29) is 17.5 Å². The molecule has 2 aromatic rings. The molecule has 0 unspecified atom stereocenters. The number of thiazole rings is 1. The van der Waals surface area contributed by atoms with E-state index in [9.17, 15) is 9.59 Å². The highest BCUT2D eigenvalue weighted by molar-refractivity contribution is 8.08. The van der Waals surface area contributed by atoms with E-state index in [2.05, 4.69) is 23.5 Å². The molecule has 0 atom stereocenters. The summed E-state index contributed by atoms with van der Waals surface area (Å²) in [6.45, 7) is 8.84. The van der Waals surface area contributed by atoms with Crippen LogP contribution in [-0.4, -0.2) is 40.9 Å². The number of amides is 1. The second-order valence-electron chi connectivity index (χ2n) is 8.93. The first kappa shape index (κ1) is 23.9. The average molecular weight is 511 g/mol. The van der Waals surface area contributed by atoms with Gasteiger partial charge >= 0.3 is 0 Å². The van der Waals surface area contributed by atoms with Crippen molar-refractivity contribution in [3.63, 3.8) is 0 Å². The van der Waals surface area contributed by atoms with Crippen molar-refractivity contribution in [1.29, 1.82) is 0 Å². The Kier molecular flexibility index (Phi) is 6.63. The van der Waals surface area contributed by atoms with Gasteiger partial charge in [0.2, 0.25) is 0 Å². The number of aromatic nitrogens is 1. The van der Waals surface area contributed by atoms with E-state index in [1.54, 1.807) is 34.5 Å². The molecule has 5 rings (SSSR count). The van der Waals surface area contributed by atoms with Gasteiger partial charge in [-0.3, -0.25) is 14.2 Å². The van der Waals surface area contributed by atoms with Crippen molar-refractivity contribution >= 4 is 51.0 Å². The number of hydrogen-bond donors (Lipinski definition) is 0. The SMILES string of the molecule is C=CCn1c(=C2C(=O)N(C3CCCCC3)N=C2C)sc(=C2Sc3ccc(OC)cc3N2CC)c1=O.